The molecule has 2 aromatic heterocycles. The first-order valence-electron chi connectivity index (χ1n) is 11.1. The summed E-state index contributed by atoms with van der Waals surface area (Å²) in [5.74, 6) is 1.25. The second-order valence-corrected chi connectivity index (χ2v) is 12.1. The molecule has 0 spiro atoms. The first-order valence-corrected chi connectivity index (χ1v) is 14.7. The van der Waals surface area contributed by atoms with Crippen molar-refractivity contribution in [2.75, 3.05) is 22.1 Å². The van der Waals surface area contributed by atoms with Gasteiger partial charge in [0.15, 0.2) is 8.68 Å². The molecule has 0 fully saturated rings. The number of thioether (sulfide) groups is 2. The number of rotatable bonds is 10. The van der Waals surface area contributed by atoms with Crippen molar-refractivity contribution in [2.24, 2.45) is 0 Å². The van der Waals surface area contributed by atoms with Gasteiger partial charge in [-0.15, -0.1) is 22.7 Å². The number of nitrogens with one attached hydrogen (secondary N) is 2. The number of benzene rings is 2. The number of carbonyl (C=O) groups is 2. The largest absolute Gasteiger partial charge is 0.321 e. The van der Waals surface area contributed by atoms with Crippen LogP contribution in [0.5, 0.6) is 0 Å². The lowest BCUT2D eigenvalue weighted by Gasteiger charge is -2.02. The van der Waals surface area contributed by atoms with Crippen molar-refractivity contribution in [1.82, 2.24) is 9.97 Å². The lowest BCUT2D eigenvalue weighted by atomic mass is 10.3. The van der Waals surface area contributed by atoms with Crippen molar-refractivity contribution in [3.63, 3.8) is 0 Å². The zero-order chi connectivity index (χ0) is 25.3. The molecule has 4 rings (SSSR count). The van der Waals surface area contributed by atoms with Crippen LogP contribution in [0.2, 0.25) is 0 Å². The number of aromatic nitrogens is 2. The molecule has 0 saturated heterocycles. The van der Waals surface area contributed by atoms with Crippen LogP contribution in [0.1, 0.15) is 30.7 Å². The average molecular weight is 553 g/mol. The molecule has 0 aliphatic heterocycles. The Balaban J connectivity index is 1.22. The van der Waals surface area contributed by atoms with E-state index in [1.807, 2.05) is 74.5 Å². The second kappa shape index (κ2) is 12.9. The Bertz CT molecular complexity index is 1250. The highest BCUT2D eigenvalue weighted by molar-refractivity contribution is 8.01. The van der Waals surface area contributed by atoms with Gasteiger partial charge in [-0.2, -0.15) is 0 Å². The Morgan fingerprint density at radius 3 is 1.50 bits per heavy atom. The van der Waals surface area contributed by atoms with Gasteiger partial charge in [-0.25, -0.2) is 9.97 Å². The third kappa shape index (κ3) is 7.30. The molecular weight excluding hydrogens is 529 g/mol. The molecule has 36 heavy (non-hydrogen) atoms. The molecule has 0 saturated carbocycles. The van der Waals surface area contributed by atoms with Crippen LogP contribution in [0.25, 0.3) is 0 Å². The lowest BCUT2D eigenvalue weighted by molar-refractivity contribution is 0.102. The number of aryl methyl sites for hydroxylation is 2. The summed E-state index contributed by atoms with van der Waals surface area (Å²) in [6.07, 6.45) is 4.17. The molecule has 2 heterocycles. The van der Waals surface area contributed by atoms with Crippen LogP contribution < -0.4 is 10.6 Å². The van der Waals surface area contributed by atoms with Crippen LogP contribution >= 0.6 is 46.2 Å². The molecule has 0 atom stereocenters. The Morgan fingerprint density at radius 2 is 1.11 bits per heavy atom. The van der Waals surface area contributed by atoms with Gasteiger partial charge in [0.2, 0.25) is 0 Å². The normalized spacial score (nSPS) is 11.1. The lowest BCUT2D eigenvalue weighted by Crippen LogP contribution is -2.11. The molecule has 4 aromatic rings. The minimum Gasteiger partial charge on any atom is -0.321 e. The van der Waals surface area contributed by atoms with Gasteiger partial charge in [-0.3, -0.25) is 9.59 Å². The number of anilines is 2. The van der Waals surface area contributed by atoms with Crippen LogP contribution in [-0.4, -0.2) is 33.3 Å². The van der Waals surface area contributed by atoms with E-state index in [0.717, 1.165) is 42.9 Å². The summed E-state index contributed by atoms with van der Waals surface area (Å²) in [5, 5.41) is 5.82. The van der Waals surface area contributed by atoms with E-state index in [1.165, 1.54) is 22.7 Å². The minimum absolute atomic E-state index is 0.134. The zero-order valence-corrected chi connectivity index (χ0v) is 23.0. The molecule has 2 aromatic carbocycles. The highest BCUT2D eigenvalue weighted by Gasteiger charge is 2.16. The summed E-state index contributed by atoms with van der Waals surface area (Å²) in [4.78, 5) is 35.5. The van der Waals surface area contributed by atoms with E-state index in [1.54, 1.807) is 23.5 Å². The molecule has 0 radical (unpaired) electrons. The summed E-state index contributed by atoms with van der Waals surface area (Å²) < 4.78 is 1.74. The van der Waals surface area contributed by atoms with Gasteiger partial charge >= 0.3 is 0 Å². The van der Waals surface area contributed by atoms with E-state index in [-0.39, 0.29) is 11.8 Å². The van der Waals surface area contributed by atoms with Crippen LogP contribution in [0.15, 0.2) is 81.5 Å². The average Bonchev–Trinajstić information content (AvgIpc) is 3.44. The molecule has 0 unspecified atom stereocenters. The first-order chi connectivity index (χ1) is 17.5. The zero-order valence-electron chi connectivity index (χ0n) is 19.7. The Hall–Kier alpha value is -2.92. The Kier molecular flexibility index (Phi) is 9.35. The molecule has 0 aliphatic carbocycles. The topological polar surface area (TPSA) is 84.0 Å². The number of thiazole rings is 2. The predicted octanol–water partition coefficient (Wildman–Crippen LogP) is 7.16. The molecule has 10 heteroatoms. The third-order valence-electron chi connectivity index (χ3n) is 4.80. The van der Waals surface area contributed by atoms with Gasteiger partial charge in [0, 0.05) is 22.9 Å². The Morgan fingerprint density at radius 1 is 0.722 bits per heavy atom. The molecule has 0 bridgehead atoms. The van der Waals surface area contributed by atoms with Crippen molar-refractivity contribution < 1.29 is 9.59 Å². The highest BCUT2D eigenvalue weighted by Crippen LogP contribution is 2.29. The van der Waals surface area contributed by atoms with Gasteiger partial charge in [0.05, 0.1) is 11.4 Å². The number of amides is 2. The van der Waals surface area contributed by atoms with Gasteiger partial charge in [-0.05, 0) is 38.1 Å². The molecule has 184 valence electrons. The first kappa shape index (κ1) is 26.2. The smallest absolute Gasteiger partial charge is 0.267 e. The molecular formula is C26H24N4O2S4. The number of para-hydroxylation sites is 2. The van der Waals surface area contributed by atoms with E-state index >= 15 is 0 Å². The second-order valence-electron chi connectivity index (χ2n) is 7.52. The van der Waals surface area contributed by atoms with E-state index in [0.29, 0.717) is 9.75 Å². The summed E-state index contributed by atoms with van der Waals surface area (Å²) >= 11 is 6.02. The summed E-state index contributed by atoms with van der Waals surface area (Å²) in [6.45, 7) is 3.72. The van der Waals surface area contributed by atoms with Gasteiger partial charge in [0.1, 0.15) is 9.75 Å². The van der Waals surface area contributed by atoms with E-state index in [9.17, 15) is 9.59 Å². The van der Waals surface area contributed by atoms with Crippen LogP contribution in [0.4, 0.5) is 11.4 Å². The van der Waals surface area contributed by atoms with Gasteiger partial charge in [0.25, 0.3) is 11.8 Å². The van der Waals surface area contributed by atoms with Crippen molar-refractivity contribution in [1.29, 1.82) is 0 Å². The standard InChI is InChI=1S/C26H24N4O2S4/c1-17-21(23(31)29-19-11-5-3-6-12-19)35-25(27-17)33-15-9-10-16-34-26-28-18(2)22(36-26)24(32)30-20-13-7-4-8-14-20/h3-14H,15-16H2,1-2H3,(H,29,31)(H,30,32). The number of nitrogens with zero attached hydrogens (tertiary/aromatic N) is 2. The summed E-state index contributed by atoms with van der Waals surface area (Å²) in [6, 6.07) is 18.8. The highest BCUT2D eigenvalue weighted by atomic mass is 32.2. The van der Waals surface area contributed by atoms with Gasteiger partial charge in [-0.1, -0.05) is 72.1 Å². The van der Waals surface area contributed by atoms with Crippen molar-refractivity contribution in [3.05, 3.63) is 94.0 Å². The monoisotopic (exact) mass is 552 g/mol. The van der Waals surface area contributed by atoms with Crippen LogP contribution in [0.3, 0.4) is 0 Å². The quantitative estimate of drug-likeness (QED) is 0.160. The Labute approximate surface area is 226 Å². The van der Waals surface area contributed by atoms with E-state index in [2.05, 4.69) is 32.8 Å². The maximum atomic E-state index is 12.6. The van der Waals surface area contributed by atoms with Crippen molar-refractivity contribution in [3.8, 4) is 0 Å². The summed E-state index contributed by atoms with van der Waals surface area (Å²) in [7, 11) is 0. The predicted molar refractivity (Wildman–Crippen MR) is 153 cm³/mol. The van der Waals surface area contributed by atoms with Crippen molar-refractivity contribution in [2.45, 2.75) is 22.5 Å². The van der Waals surface area contributed by atoms with Crippen LogP contribution in [-0.2, 0) is 0 Å². The molecule has 0 aliphatic rings. The summed E-state index contributed by atoms with van der Waals surface area (Å²) in [5.41, 5.74) is 3.01. The van der Waals surface area contributed by atoms with Gasteiger partial charge < -0.3 is 10.6 Å². The third-order valence-corrected chi connectivity index (χ3v) is 9.31. The van der Waals surface area contributed by atoms with Crippen LogP contribution in [0, 0.1) is 13.8 Å². The molecule has 2 amide bonds. The minimum atomic E-state index is -0.134. The number of hydrogen-bond acceptors (Lipinski definition) is 8. The molecule has 2 N–H and O–H groups in total. The van der Waals surface area contributed by atoms with E-state index < -0.39 is 0 Å². The van der Waals surface area contributed by atoms with Crippen molar-refractivity contribution >= 4 is 69.4 Å². The number of hydrogen-bond donors (Lipinski definition) is 2. The maximum absolute atomic E-state index is 12.6. The SMILES string of the molecule is Cc1nc(SCC=CCSc2nc(C)c(C(=O)Nc3ccccc3)s2)sc1C(=O)Nc1ccccc1. The van der Waals surface area contributed by atoms with E-state index in [4.69, 9.17) is 0 Å². The number of carbonyl (C=O) groups excluding carboxylic acids is 2. The maximum Gasteiger partial charge on any atom is 0.267 e. The molecule has 6 nitrogen and oxygen atoms in total. The fourth-order valence-corrected chi connectivity index (χ4v) is 7.00. The fourth-order valence-electron chi connectivity index (χ4n) is 3.08. The fraction of sp³-hybridized carbons (Fsp3) is 0.154.